The van der Waals surface area contributed by atoms with E-state index in [2.05, 4.69) is 36.1 Å². The Bertz CT molecular complexity index is 250. The summed E-state index contributed by atoms with van der Waals surface area (Å²) in [4.78, 5) is 7.58. The maximum atomic E-state index is 4.40. The van der Waals surface area contributed by atoms with E-state index in [1.807, 2.05) is 7.05 Å². The second-order valence-electron chi connectivity index (χ2n) is 3.51. The average Bonchev–Trinajstić information content (AvgIpc) is 2.31. The molecule has 0 aliphatic heterocycles. The SMILES string of the molecule is CNc1nc(CC(C)C)c(C)[nH]1. The summed E-state index contributed by atoms with van der Waals surface area (Å²) in [7, 11) is 1.87. The molecule has 2 N–H and O–H groups in total. The molecule has 1 rings (SSSR count). The molecular formula is C9H17N3. The molecule has 3 heteroatoms. The molecule has 0 saturated carbocycles. The van der Waals surface area contributed by atoms with Crippen LogP contribution in [0.3, 0.4) is 0 Å². The molecular weight excluding hydrogens is 150 g/mol. The van der Waals surface area contributed by atoms with Gasteiger partial charge < -0.3 is 10.3 Å². The monoisotopic (exact) mass is 167 g/mol. The minimum atomic E-state index is 0.664. The number of imidazole rings is 1. The number of hydrogen-bond donors (Lipinski definition) is 2. The molecule has 0 unspecified atom stereocenters. The zero-order valence-corrected chi connectivity index (χ0v) is 8.23. The van der Waals surface area contributed by atoms with E-state index in [1.54, 1.807) is 0 Å². The Labute approximate surface area is 73.6 Å². The summed E-state index contributed by atoms with van der Waals surface area (Å²) < 4.78 is 0. The Morgan fingerprint density at radius 3 is 2.58 bits per heavy atom. The first-order chi connectivity index (χ1) is 5.63. The van der Waals surface area contributed by atoms with E-state index in [1.165, 1.54) is 11.4 Å². The molecule has 12 heavy (non-hydrogen) atoms. The lowest BCUT2D eigenvalue weighted by Crippen LogP contribution is -1.96. The summed E-state index contributed by atoms with van der Waals surface area (Å²) in [6, 6.07) is 0. The topological polar surface area (TPSA) is 40.7 Å². The molecule has 0 aliphatic carbocycles. The van der Waals surface area contributed by atoms with Crippen molar-refractivity contribution in [2.75, 3.05) is 12.4 Å². The van der Waals surface area contributed by atoms with E-state index in [4.69, 9.17) is 0 Å². The molecule has 0 saturated heterocycles. The molecule has 0 radical (unpaired) electrons. The standard InChI is InChI=1S/C9H17N3/c1-6(2)5-8-7(3)11-9(10-4)12-8/h6H,5H2,1-4H3,(H2,10,11,12). The number of aromatic amines is 1. The molecule has 0 aliphatic rings. The number of nitrogens with one attached hydrogen (secondary N) is 2. The molecule has 0 atom stereocenters. The van der Waals surface area contributed by atoms with Gasteiger partial charge in [0.1, 0.15) is 0 Å². The van der Waals surface area contributed by atoms with Crippen LogP contribution in [0.4, 0.5) is 5.95 Å². The summed E-state index contributed by atoms with van der Waals surface area (Å²) in [6.07, 6.45) is 1.05. The second kappa shape index (κ2) is 3.61. The summed E-state index contributed by atoms with van der Waals surface area (Å²) in [5, 5.41) is 2.99. The van der Waals surface area contributed by atoms with Gasteiger partial charge in [-0.1, -0.05) is 13.8 Å². The molecule has 1 aromatic heterocycles. The van der Waals surface area contributed by atoms with Crippen molar-refractivity contribution in [2.24, 2.45) is 5.92 Å². The highest BCUT2D eigenvalue weighted by molar-refractivity contribution is 5.29. The Morgan fingerprint density at radius 1 is 1.50 bits per heavy atom. The number of nitrogens with zero attached hydrogens (tertiary/aromatic N) is 1. The number of H-pyrrole nitrogens is 1. The highest BCUT2D eigenvalue weighted by Crippen LogP contribution is 2.12. The van der Waals surface area contributed by atoms with Crippen LogP contribution in [0.25, 0.3) is 0 Å². The molecule has 0 spiro atoms. The lowest BCUT2D eigenvalue weighted by Gasteiger charge is -2.00. The van der Waals surface area contributed by atoms with Crippen LogP contribution in [0.2, 0.25) is 0 Å². The number of anilines is 1. The predicted molar refractivity (Wildman–Crippen MR) is 51.4 cm³/mol. The predicted octanol–water partition coefficient (Wildman–Crippen LogP) is 1.96. The summed E-state index contributed by atoms with van der Waals surface area (Å²) >= 11 is 0. The first-order valence-corrected chi connectivity index (χ1v) is 4.36. The van der Waals surface area contributed by atoms with E-state index < -0.39 is 0 Å². The molecule has 3 nitrogen and oxygen atoms in total. The van der Waals surface area contributed by atoms with Gasteiger partial charge in [0.05, 0.1) is 5.69 Å². The highest BCUT2D eigenvalue weighted by Gasteiger charge is 2.06. The van der Waals surface area contributed by atoms with Crippen molar-refractivity contribution in [2.45, 2.75) is 27.2 Å². The Hall–Kier alpha value is -0.990. The van der Waals surface area contributed by atoms with Crippen LogP contribution in [0.5, 0.6) is 0 Å². The van der Waals surface area contributed by atoms with Gasteiger partial charge in [0.2, 0.25) is 0 Å². The third-order valence-electron chi connectivity index (χ3n) is 1.82. The Kier molecular flexibility index (Phi) is 2.74. The lowest BCUT2D eigenvalue weighted by atomic mass is 10.1. The zero-order valence-electron chi connectivity index (χ0n) is 8.23. The smallest absolute Gasteiger partial charge is 0.200 e. The van der Waals surface area contributed by atoms with E-state index >= 15 is 0 Å². The minimum Gasteiger partial charge on any atom is -0.359 e. The van der Waals surface area contributed by atoms with Crippen LogP contribution in [0.1, 0.15) is 25.2 Å². The van der Waals surface area contributed by atoms with Gasteiger partial charge in [-0.25, -0.2) is 4.98 Å². The fraction of sp³-hybridized carbons (Fsp3) is 0.667. The molecule has 0 aromatic carbocycles. The Morgan fingerprint density at radius 2 is 2.17 bits per heavy atom. The van der Waals surface area contributed by atoms with Crippen molar-refractivity contribution < 1.29 is 0 Å². The van der Waals surface area contributed by atoms with Gasteiger partial charge in [-0.05, 0) is 19.3 Å². The molecule has 68 valence electrons. The average molecular weight is 167 g/mol. The van der Waals surface area contributed by atoms with Gasteiger partial charge in [-0.2, -0.15) is 0 Å². The quantitative estimate of drug-likeness (QED) is 0.722. The maximum absolute atomic E-state index is 4.40. The van der Waals surface area contributed by atoms with E-state index in [9.17, 15) is 0 Å². The summed E-state index contributed by atoms with van der Waals surface area (Å²) in [5.41, 5.74) is 2.35. The van der Waals surface area contributed by atoms with Gasteiger partial charge in [-0.15, -0.1) is 0 Å². The van der Waals surface area contributed by atoms with Gasteiger partial charge in [0.25, 0.3) is 0 Å². The molecule has 1 aromatic rings. The first-order valence-electron chi connectivity index (χ1n) is 4.36. The van der Waals surface area contributed by atoms with Crippen molar-refractivity contribution in [3.63, 3.8) is 0 Å². The highest BCUT2D eigenvalue weighted by atomic mass is 15.1. The van der Waals surface area contributed by atoms with Gasteiger partial charge in [-0.3, -0.25) is 0 Å². The van der Waals surface area contributed by atoms with E-state index in [0.717, 1.165) is 12.4 Å². The zero-order chi connectivity index (χ0) is 9.14. The van der Waals surface area contributed by atoms with Gasteiger partial charge in [0.15, 0.2) is 5.95 Å². The normalized spacial score (nSPS) is 10.8. The number of aryl methyl sites for hydroxylation is 1. The van der Waals surface area contributed by atoms with Gasteiger partial charge >= 0.3 is 0 Å². The minimum absolute atomic E-state index is 0.664. The molecule has 1 heterocycles. The fourth-order valence-electron chi connectivity index (χ4n) is 1.20. The third-order valence-corrected chi connectivity index (χ3v) is 1.82. The number of rotatable bonds is 3. The lowest BCUT2D eigenvalue weighted by molar-refractivity contribution is 0.635. The second-order valence-corrected chi connectivity index (χ2v) is 3.51. The van der Waals surface area contributed by atoms with Crippen LogP contribution < -0.4 is 5.32 Å². The van der Waals surface area contributed by atoms with Crippen LogP contribution in [0.15, 0.2) is 0 Å². The fourth-order valence-corrected chi connectivity index (χ4v) is 1.20. The summed E-state index contributed by atoms with van der Waals surface area (Å²) in [6.45, 7) is 6.46. The van der Waals surface area contributed by atoms with E-state index in [-0.39, 0.29) is 0 Å². The van der Waals surface area contributed by atoms with Crippen LogP contribution in [-0.4, -0.2) is 17.0 Å². The largest absolute Gasteiger partial charge is 0.359 e. The Balaban J connectivity index is 2.77. The van der Waals surface area contributed by atoms with E-state index in [0.29, 0.717) is 5.92 Å². The number of aromatic nitrogens is 2. The molecule has 0 amide bonds. The molecule has 0 bridgehead atoms. The third kappa shape index (κ3) is 2.00. The van der Waals surface area contributed by atoms with Crippen LogP contribution in [-0.2, 0) is 6.42 Å². The number of hydrogen-bond acceptors (Lipinski definition) is 2. The summed E-state index contributed by atoms with van der Waals surface area (Å²) in [5.74, 6) is 1.53. The van der Waals surface area contributed by atoms with Crippen molar-refractivity contribution >= 4 is 5.95 Å². The van der Waals surface area contributed by atoms with Crippen molar-refractivity contribution in [1.82, 2.24) is 9.97 Å². The first kappa shape index (κ1) is 9.10. The maximum Gasteiger partial charge on any atom is 0.200 e. The molecule has 0 fully saturated rings. The van der Waals surface area contributed by atoms with Gasteiger partial charge in [0, 0.05) is 12.7 Å². The van der Waals surface area contributed by atoms with Crippen LogP contribution >= 0.6 is 0 Å². The van der Waals surface area contributed by atoms with Crippen LogP contribution in [0, 0.1) is 12.8 Å². The van der Waals surface area contributed by atoms with Crippen molar-refractivity contribution in [3.05, 3.63) is 11.4 Å². The van der Waals surface area contributed by atoms with Crippen molar-refractivity contribution in [3.8, 4) is 0 Å². The van der Waals surface area contributed by atoms with Crippen molar-refractivity contribution in [1.29, 1.82) is 0 Å².